The van der Waals surface area contributed by atoms with Crippen molar-refractivity contribution >= 4 is 5.91 Å². The first-order chi connectivity index (χ1) is 9.22. The van der Waals surface area contributed by atoms with Gasteiger partial charge in [0.15, 0.2) is 0 Å². The molecule has 2 aromatic rings. The van der Waals surface area contributed by atoms with Gasteiger partial charge in [0.2, 0.25) is 5.91 Å². The van der Waals surface area contributed by atoms with E-state index in [2.05, 4.69) is 10.5 Å². The van der Waals surface area contributed by atoms with Crippen molar-refractivity contribution in [3.63, 3.8) is 0 Å². The average molecular weight is 260 g/mol. The molecule has 0 saturated carbocycles. The predicted molar refractivity (Wildman–Crippen MR) is 69.4 cm³/mol. The maximum atomic E-state index is 12.1. The van der Waals surface area contributed by atoms with E-state index in [1.54, 1.807) is 13.1 Å². The summed E-state index contributed by atoms with van der Waals surface area (Å²) < 4.78 is 4.92. The van der Waals surface area contributed by atoms with Gasteiger partial charge in [-0.3, -0.25) is 4.79 Å². The third kappa shape index (κ3) is 3.20. The quantitative estimate of drug-likeness (QED) is 0.851. The molecule has 5 nitrogen and oxygen atoms in total. The van der Waals surface area contributed by atoms with Gasteiger partial charge in [-0.1, -0.05) is 35.5 Å². The molecule has 1 aromatic heterocycles. The van der Waals surface area contributed by atoms with Crippen LogP contribution in [0.4, 0.5) is 0 Å². The Kier molecular flexibility index (Phi) is 4.30. The Morgan fingerprint density at radius 1 is 1.42 bits per heavy atom. The van der Waals surface area contributed by atoms with Gasteiger partial charge in [0.05, 0.1) is 18.7 Å². The van der Waals surface area contributed by atoms with Crippen molar-refractivity contribution in [2.45, 2.75) is 19.4 Å². The van der Waals surface area contributed by atoms with E-state index in [1.807, 2.05) is 30.3 Å². The number of benzene rings is 1. The summed E-state index contributed by atoms with van der Waals surface area (Å²) in [5, 5.41) is 15.8. The Morgan fingerprint density at radius 2 is 2.16 bits per heavy atom. The summed E-state index contributed by atoms with van der Waals surface area (Å²) in [4.78, 5) is 12.1. The Hall–Kier alpha value is -2.14. The normalized spacial score (nSPS) is 12.1. The van der Waals surface area contributed by atoms with E-state index in [0.717, 1.165) is 11.1 Å². The fourth-order valence-electron chi connectivity index (χ4n) is 1.82. The number of hydrogen-bond donors (Lipinski definition) is 2. The molecule has 0 bridgehead atoms. The number of carbonyl (C=O) groups excluding carboxylic acids is 1. The zero-order valence-corrected chi connectivity index (χ0v) is 10.7. The molecule has 0 spiro atoms. The molecule has 0 fully saturated rings. The van der Waals surface area contributed by atoms with Crippen molar-refractivity contribution in [3.05, 3.63) is 53.4 Å². The van der Waals surface area contributed by atoms with E-state index >= 15 is 0 Å². The molecule has 1 aromatic carbocycles. The third-order valence-electron chi connectivity index (χ3n) is 3.00. The Balaban J connectivity index is 2.00. The Morgan fingerprint density at radius 3 is 2.74 bits per heavy atom. The van der Waals surface area contributed by atoms with E-state index in [4.69, 9.17) is 4.52 Å². The highest BCUT2D eigenvalue weighted by Crippen LogP contribution is 2.15. The summed E-state index contributed by atoms with van der Waals surface area (Å²) in [6.45, 7) is 1.91. The van der Waals surface area contributed by atoms with Crippen LogP contribution in [-0.4, -0.2) is 22.8 Å². The van der Waals surface area contributed by atoms with Crippen LogP contribution >= 0.6 is 0 Å². The second kappa shape index (κ2) is 6.15. The molecule has 2 rings (SSSR count). The van der Waals surface area contributed by atoms with Crippen molar-refractivity contribution in [2.24, 2.45) is 0 Å². The summed E-state index contributed by atoms with van der Waals surface area (Å²) in [5.74, 6) is -0.0868. The first-order valence-corrected chi connectivity index (χ1v) is 6.06. The van der Waals surface area contributed by atoms with Gasteiger partial charge in [0, 0.05) is 12.1 Å². The van der Waals surface area contributed by atoms with E-state index in [0.29, 0.717) is 12.3 Å². The number of amides is 1. The molecule has 0 saturated heterocycles. The number of rotatable bonds is 5. The molecule has 0 aliphatic carbocycles. The Labute approximate surface area is 111 Å². The lowest BCUT2D eigenvalue weighted by Crippen LogP contribution is -2.30. The van der Waals surface area contributed by atoms with Crippen LogP contribution in [0.5, 0.6) is 0 Å². The molecule has 1 amide bonds. The average Bonchev–Trinajstić information content (AvgIpc) is 2.84. The summed E-state index contributed by atoms with van der Waals surface area (Å²) >= 11 is 0. The maximum Gasteiger partial charge on any atom is 0.230 e. The van der Waals surface area contributed by atoms with E-state index in [1.165, 1.54) is 0 Å². The molecular formula is C14H16N2O3. The number of nitrogens with zero attached hydrogens (tertiary/aromatic N) is 1. The first-order valence-electron chi connectivity index (χ1n) is 6.06. The number of aliphatic hydroxyl groups is 1. The van der Waals surface area contributed by atoms with Gasteiger partial charge in [0.1, 0.15) is 5.76 Å². The molecule has 0 radical (unpaired) electrons. The van der Waals surface area contributed by atoms with Crippen LogP contribution in [0.25, 0.3) is 0 Å². The minimum atomic E-state index is -0.554. The van der Waals surface area contributed by atoms with Gasteiger partial charge >= 0.3 is 0 Å². The van der Waals surface area contributed by atoms with E-state index < -0.39 is 5.92 Å². The zero-order valence-electron chi connectivity index (χ0n) is 10.7. The molecule has 100 valence electrons. The van der Waals surface area contributed by atoms with Crippen molar-refractivity contribution < 1.29 is 14.4 Å². The molecule has 5 heteroatoms. The summed E-state index contributed by atoms with van der Waals surface area (Å²) in [6, 6.07) is 9.21. The number of hydrogen-bond acceptors (Lipinski definition) is 4. The second-order valence-corrected chi connectivity index (χ2v) is 4.27. The lowest BCUT2D eigenvalue weighted by Gasteiger charge is -2.14. The highest BCUT2D eigenvalue weighted by molar-refractivity contribution is 5.83. The van der Waals surface area contributed by atoms with Crippen LogP contribution in [0.1, 0.15) is 22.8 Å². The standard InChI is InChI=1S/C14H16N2O3/c1-10-12(8-16-19-10)7-15-14(18)13(9-17)11-5-3-2-4-6-11/h2-6,8,13,17H,7,9H2,1H3,(H,15,18). The number of aryl methyl sites for hydroxylation is 1. The number of aliphatic hydroxyl groups excluding tert-OH is 1. The highest BCUT2D eigenvalue weighted by atomic mass is 16.5. The molecule has 0 aliphatic rings. The minimum absolute atomic E-state index is 0.214. The van der Waals surface area contributed by atoms with Crippen LogP contribution in [0.3, 0.4) is 0 Å². The largest absolute Gasteiger partial charge is 0.395 e. The number of carbonyl (C=O) groups is 1. The fourth-order valence-corrected chi connectivity index (χ4v) is 1.82. The number of nitrogens with one attached hydrogen (secondary N) is 1. The molecule has 1 unspecified atom stereocenters. The molecule has 1 heterocycles. The van der Waals surface area contributed by atoms with Crippen molar-refractivity contribution in [2.75, 3.05) is 6.61 Å². The van der Waals surface area contributed by atoms with Crippen molar-refractivity contribution in [1.82, 2.24) is 10.5 Å². The molecule has 2 N–H and O–H groups in total. The monoisotopic (exact) mass is 260 g/mol. The minimum Gasteiger partial charge on any atom is -0.395 e. The second-order valence-electron chi connectivity index (χ2n) is 4.27. The SMILES string of the molecule is Cc1oncc1CNC(=O)C(CO)c1ccccc1. The topological polar surface area (TPSA) is 75.4 Å². The van der Waals surface area contributed by atoms with Gasteiger partial charge in [-0.05, 0) is 12.5 Å². The lowest BCUT2D eigenvalue weighted by atomic mass is 9.99. The highest BCUT2D eigenvalue weighted by Gasteiger charge is 2.19. The van der Waals surface area contributed by atoms with Crippen LogP contribution < -0.4 is 5.32 Å². The van der Waals surface area contributed by atoms with Gasteiger partial charge in [-0.25, -0.2) is 0 Å². The van der Waals surface area contributed by atoms with Crippen LogP contribution in [-0.2, 0) is 11.3 Å². The van der Waals surface area contributed by atoms with Gasteiger partial charge in [-0.15, -0.1) is 0 Å². The zero-order chi connectivity index (χ0) is 13.7. The smallest absolute Gasteiger partial charge is 0.230 e. The summed E-state index contributed by atoms with van der Waals surface area (Å²) in [6.07, 6.45) is 1.58. The molecule has 0 aliphatic heterocycles. The first kappa shape index (κ1) is 13.3. The van der Waals surface area contributed by atoms with E-state index in [9.17, 15) is 9.90 Å². The fraction of sp³-hybridized carbons (Fsp3) is 0.286. The van der Waals surface area contributed by atoms with Crippen molar-refractivity contribution in [1.29, 1.82) is 0 Å². The van der Waals surface area contributed by atoms with Gasteiger partial charge < -0.3 is 14.9 Å². The van der Waals surface area contributed by atoms with Crippen molar-refractivity contribution in [3.8, 4) is 0 Å². The maximum absolute atomic E-state index is 12.1. The number of aromatic nitrogens is 1. The van der Waals surface area contributed by atoms with Crippen LogP contribution in [0, 0.1) is 6.92 Å². The van der Waals surface area contributed by atoms with Crippen LogP contribution in [0.15, 0.2) is 41.1 Å². The van der Waals surface area contributed by atoms with Gasteiger partial charge in [-0.2, -0.15) is 0 Å². The third-order valence-corrected chi connectivity index (χ3v) is 3.00. The molecule has 19 heavy (non-hydrogen) atoms. The van der Waals surface area contributed by atoms with Gasteiger partial charge in [0.25, 0.3) is 0 Å². The lowest BCUT2D eigenvalue weighted by molar-refractivity contribution is -0.123. The predicted octanol–water partition coefficient (Wildman–Crippen LogP) is 1.38. The summed E-state index contributed by atoms with van der Waals surface area (Å²) in [5.41, 5.74) is 1.63. The van der Waals surface area contributed by atoms with Crippen LogP contribution in [0.2, 0.25) is 0 Å². The van der Waals surface area contributed by atoms with E-state index in [-0.39, 0.29) is 12.5 Å². The molecular weight excluding hydrogens is 244 g/mol. The summed E-state index contributed by atoms with van der Waals surface area (Å²) in [7, 11) is 0. The molecule has 1 atom stereocenters. The Bertz CT molecular complexity index is 537.